The number of thiophene rings is 2. The lowest BCUT2D eigenvalue weighted by Gasteiger charge is -2.25. The zero-order valence-corrected chi connectivity index (χ0v) is 19.8. The molecule has 0 radical (unpaired) electrons. The molecule has 2 aromatic heterocycles. The van der Waals surface area contributed by atoms with Crippen LogP contribution in [-0.4, -0.2) is 27.5 Å². The molecule has 0 aliphatic heterocycles. The fourth-order valence-corrected chi connectivity index (χ4v) is 4.71. The Morgan fingerprint density at radius 1 is 1.27 bits per heavy atom. The second kappa shape index (κ2) is 10.0. The summed E-state index contributed by atoms with van der Waals surface area (Å²) in [4.78, 5) is 6.69. The average molecular weight is 529 g/mol. The highest BCUT2D eigenvalue weighted by atomic mass is 127. The van der Waals surface area contributed by atoms with E-state index in [1.165, 1.54) is 10.9 Å². The number of sulfonamides is 1. The number of primary sulfonamides is 1. The van der Waals surface area contributed by atoms with Gasteiger partial charge in [-0.1, -0.05) is 19.9 Å². The van der Waals surface area contributed by atoms with E-state index < -0.39 is 10.0 Å². The number of aliphatic imine (C=N–C) groups is 1. The summed E-state index contributed by atoms with van der Waals surface area (Å²) in [5, 5.41) is 13.8. The van der Waals surface area contributed by atoms with Crippen molar-refractivity contribution in [1.29, 1.82) is 0 Å². The molecule has 0 amide bonds. The van der Waals surface area contributed by atoms with Crippen LogP contribution in [0.2, 0.25) is 0 Å². The van der Waals surface area contributed by atoms with Gasteiger partial charge >= 0.3 is 0 Å². The number of hydrogen-bond donors (Lipinski definition) is 3. The zero-order valence-electron chi connectivity index (χ0n) is 15.0. The number of hydrogen-bond acceptors (Lipinski definition) is 5. The summed E-state index contributed by atoms with van der Waals surface area (Å²) in [7, 11) is -3.65. The summed E-state index contributed by atoms with van der Waals surface area (Å²) in [6.07, 6.45) is 0. The molecule has 0 fully saturated rings. The van der Waals surface area contributed by atoms with Gasteiger partial charge in [-0.2, -0.15) is 0 Å². The minimum absolute atomic E-state index is 0. The molecule has 0 aliphatic rings. The van der Waals surface area contributed by atoms with E-state index >= 15 is 0 Å². The van der Waals surface area contributed by atoms with Crippen molar-refractivity contribution < 1.29 is 8.42 Å². The third-order valence-corrected chi connectivity index (χ3v) is 7.28. The zero-order chi connectivity index (χ0) is 18.5. The van der Waals surface area contributed by atoms with Gasteiger partial charge in [0.25, 0.3) is 0 Å². The lowest BCUT2D eigenvalue weighted by atomic mass is 9.91. The Hall–Kier alpha value is -0.690. The quantitative estimate of drug-likeness (QED) is 0.292. The first-order valence-electron chi connectivity index (χ1n) is 7.90. The number of nitrogens with two attached hydrogens (primary N) is 1. The van der Waals surface area contributed by atoms with Crippen LogP contribution in [0, 0.1) is 0 Å². The first-order chi connectivity index (χ1) is 11.7. The topological polar surface area (TPSA) is 96.6 Å². The van der Waals surface area contributed by atoms with E-state index in [1.807, 2.05) is 6.92 Å². The van der Waals surface area contributed by atoms with Crippen molar-refractivity contribution in [3.63, 3.8) is 0 Å². The first-order valence-corrected chi connectivity index (χ1v) is 11.1. The Morgan fingerprint density at radius 2 is 2.00 bits per heavy atom. The normalized spacial score (nSPS) is 12.5. The highest BCUT2D eigenvalue weighted by Gasteiger charge is 2.22. The van der Waals surface area contributed by atoms with Gasteiger partial charge < -0.3 is 10.6 Å². The van der Waals surface area contributed by atoms with Crippen LogP contribution in [0.4, 0.5) is 0 Å². The van der Waals surface area contributed by atoms with Gasteiger partial charge in [-0.05, 0) is 30.5 Å². The molecular weight excluding hydrogens is 503 g/mol. The molecule has 0 aliphatic carbocycles. The Balaban J connectivity index is 0.00000338. The van der Waals surface area contributed by atoms with Crippen LogP contribution in [0.15, 0.2) is 38.8 Å². The van der Waals surface area contributed by atoms with E-state index in [-0.39, 0.29) is 33.6 Å². The third-order valence-electron chi connectivity index (χ3n) is 3.54. The van der Waals surface area contributed by atoms with Crippen molar-refractivity contribution in [3.8, 4) is 0 Å². The summed E-state index contributed by atoms with van der Waals surface area (Å²) in [5.41, 5.74) is -0.00587. The van der Waals surface area contributed by atoms with Crippen molar-refractivity contribution in [3.05, 3.63) is 39.4 Å². The van der Waals surface area contributed by atoms with E-state index in [0.29, 0.717) is 12.5 Å². The molecule has 0 atom stereocenters. The lowest BCUT2D eigenvalue weighted by molar-refractivity contribution is 0.518. The van der Waals surface area contributed by atoms with E-state index in [2.05, 4.69) is 47.0 Å². The van der Waals surface area contributed by atoms with Gasteiger partial charge in [0.2, 0.25) is 10.0 Å². The molecule has 4 N–H and O–H groups in total. The molecular formula is C16H25IN4O2S3. The summed E-state index contributed by atoms with van der Waals surface area (Å²) < 4.78 is 22.8. The third kappa shape index (κ3) is 6.80. The first kappa shape index (κ1) is 23.3. The molecule has 26 heavy (non-hydrogen) atoms. The standard InChI is InChI=1S/C16H24N4O2S3.HI/c1-4-18-15(20-11-16(2,3)13-6-5-9-23-13)19-10-12-7-8-14(24-12)25(17,21)22;/h5-9H,4,10-11H2,1-3H3,(H2,17,21,22)(H2,18,19,20);1H. The van der Waals surface area contributed by atoms with E-state index in [0.717, 1.165) is 29.3 Å². The van der Waals surface area contributed by atoms with Gasteiger partial charge in [0.1, 0.15) is 4.21 Å². The lowest BCUT2D eigenvalue weighted by Crippen LogP contribution is -2.43. The van der Waals surface area contributed by atoms with Crippen molar-refractivity contribution >= 4 is 62.6 Å². The Kier molecular flexibility index (Phi) is 9.00. The average Bonchev–Trinajstić information content (AvgIpc) is 3.20. The fourth-order valence-electron chi connectivity index (χ4n) is 2.15. The molecule has 0 aromatic carbocycles. The second-order valence-corrected chi connectivity index (χ2v) is 10.1. The number of nitrogens with one attached hydrogen (secondary N) is 2. The largest absolute Gasteiger partial charge is 0.357 e. The molecule has 2 rings (SSSR count). The molecule has 2 aromatic rings. The van der Waals surface area contributed by atoms with Crippen LogP contribution in [0.3, 0.4) is 0 Å². The molecule has 0 saturated carbocycles. The molecule has 0 spiro atoms. The highest BCUT2D eigenvalue weighted by molar-refractivity contribution is 14.0. The van der Waals surface area contributed by atoms with Crippen LogP contribution in [0.1, 0.15) is 30.5 Å². The van der Waals surface area contributed by atoms with Crippen LogP contribution in [0.5, 0.6) is 0 Å². The van der Waals surface area contributed by atoms with E-state index in [1.54, 1.807) is 17.4 Å². The smallest absolute Gasteiger partial charge is 0.247 e. The fraction of sp³-hybridized carbons (Fsp3) is 0.438. The minimum Gasteiger partial charge on any atom is -0.357 e. The van der Waals surface area contributed by atoms with Crippen molar-refractivity contribution in [2.75, 3.05) is 13.1 Å². The summed E-state index contributed by atoms with van der Waals surface area (Å²) in [5.74, 6) is 0.706. The Morgan fingerprint density at radius 3 is 2.54 bits per heavy atom. The van der Waals surface area contributed by atoms with Gasteiger partial charge in [-0.25, -0.2) is 18.5 Å². The van der Waals surface area contributed by atoms with Crippen molar-refractivity contribution in [1.82, 2.24) is 10.6 Å². The number of nitrogens with zero attached hydrogens (tertiary/aromatic N) is 1. The number of rotatable bonds is 7. The van der Waals surface area contributed by atoms with Gasteiger partial charge in [-0.3, -0.25) is 0 Å². The van der Waals surface area contributed by atoms with E-state index in [4.69, 9.17) is 5.14 Å². The molecule has 0 unspecified atom stereocenters. The van der Waals surface area contributed by atoms with Crippen LogP contribution >= 0.6 is 46.7 Å². The van der Waals surface area contributed by atoms with Crippen LogP contribution in [0.25, 0.3) is 0 Å². The van der Waals surface area contributed by atoms with Crippen LogP contribution in [-0.2, 0) is 22.0 Å². The SMILES string of the molecule is CCNC(=NCc1ccc(S(N)(=O)=O)s1)NCC(C)(C)c1cccs1.I. The van der Waals surface area contributed by atoms with Gasteiger partial charge in [0, 0.05) is 28.3 Å². The minimum atomic E-state index is -3.65. The molecule has 6 nitrogen and oxygen atoms in total. The maximum Gasteiger partial charge on any atom is 0.247 e. The molecule has 146 valence electrons. The maximum absolute atomic E-state index is 11.3. The maximum atomic E-state index is 11.3. The van der Waals surface area contributed by atoms with E-state index in [9.17, 15) is 8.42 Å². The highest BCUT2D eigenvalue weighted by Crippen LogP contribution is 2.26. The van der Waals surface area contributed by atoms with Crippen LogP contribution < -0.4 is 15.8 Å². The predicted octanol–water partition coefficient (Wildman–Crippen LogP) is 3.11. The Bertz CT molecular complexity index is 814. The number of halogens is 1. The van der Waals surface area contributed by atoms with Gasteiger partial charge in [0.05, 0.1) is 6.54 Å². The van der Waals surface area contributed by atoms with Crippen molar-refractivity contribution in [2.24, 2.45) is 10.1 Å². The van der Waals surface area contributed by atoms with Gasteiger partial charge in [0.15, 0.2) is 5.96 Å². The molecule has 2 heterocycles. The van der Waals surface area contributed by atoms with Gasteiger partial charge in [-0.15, -0.1) is 46.7 Å². The Labute approximate surface area is 180 Å². The monoisotopic (exact) mass is 528 g/mol. The summed E-state index contributed by atoms with van der Waals surface area (Å²) in [6.45, 7) is 8.27. The van der Waals surface area contributed by atoms with Crippen molar-refractivity contribution in [2.45, 2.75) is 36.9 Å². The predicted molar refractivity (Wildman–Crippen MR) is 121 cm³/mol. The molecule has 0 bridgehead atoms. The summed E-state index contributed by atoms with van der Waals surface area (Å²) in [6, 6.07) is 7.45. The molecule has 0 saturated heterocycles. The molecule has 10 heteroatoms. The summed E-state index contributed by atoms with van der Waals surface area (Å²) >= 11 is 2.89. The second-order valence-electron chi connectivity index (χ2n) is 6.18. The number of guanidine groups is 1.